The number of rotatable bonds is 6. The summed E-state index contributed by atoms with van der Waals surface area (Å²) >= 11 is 1.96. The molecule has 0 saturated carbocycles. The zero-order valence-corrected chi connectivity index (χ0v) is 15.2. The first-order chi connectivity index (χ1) is 12.6. The first-order valence-corrected chi connectivity index (χ1v) is 9.47. The van der Waals surface area contributed by atoms with Crippen molar-refractivity contribution < 1.29 is 13.2 Å². The third kappa shape index (κ3) is 4.47. The van der Waals surface area contributed by atoms with Gasteiger partial charge in [0.1, 0.15) is 5.82 Å². The lowest BCUT2D eigenvalue weighted by atomic mass is 10.2. The van der Waals surface area contributed by atoms with Crippen LogP contribution in [0.15, 0.2) is 76.5 Å². The Balaban J connectivity index is 1.98. The molecule has 0 bridgehead atoms. The van der Waals surface area contributed by atoms with Gasteiger partial charge in [0.15, 0.2) is 4.80 Å². The van der Waals surface area contributed by atoms with Crippen molar-refractivity contribution in [2.24, 2.45) is 4.99 Å². The average Bonchev–Trinajstić information content (AvgIpc) is 3.00. The molecule has 0 saturated heterocycles. The molecule has 1 aromatic heterocycles. The van der Waals surface area contributed by atoms with Crippen molar-refractivity contribution in [2.45, 2.75) is 17.2 Å². The molecule has 2 nitrogen and oxygen atoms in total. The summed E-state index contributed by atoms with van der Waals surface area (Å²) < 4.78 is 39.9. The van der Waals surface area contributed by atoms with Gasteiger partial charge in [0, 0.05) is 16.8 Å². The van der Waals surface area contributed by atoms with Gasteiger partial charge < -0.3 is 4.57 Å². The Morgan fingerprint density at radius 2 is 1.81 bits per heavy atom. The van der Waals surface area contributed by atoms with Crippen molar-refractivity contribution in [1.29, 1.82) is 0 Å². The number of allylic oxidation sites excluding steroid dienone is 1. The van der Waals surface area contributed by atoms with Crippen LogP contribution >= 0.6 is 23.1 Å². The van der Waals surface area contributed by atoms with E-state index >= 15 is 0 Å². The van der Waals surface area contributed by atoms with Gasteiger partial charge in [-0.1, -0.05) is 17.8 Å². The number of halogens is 3. The van der Waals surface area contributed by atoms with Gasteiger partial charge in [0.2, 0.25) is 0 Å². The fourth-order valence-corrected chi connectivity index (χ4v) is 3.83. The predicted molar refractivity (Wildman–Crippen MR) is 101 cm³/mol. The van der Waals surface area contributed by atoms with Gasteiger partial charge in [0.25, 0.3) is 5.76 Å². The maximum absolute atomic E-state index is 13.2. The Morgan fingerprint density at radius 3 is 2.42 bits per heavy atom. The van der Waals surface area contributed by atoms with Gasteiger partial charge in [-0.2, -0.15) is 8.78 Å². The van der Waals surface area contributed by atoms with E-state index in [1.807, 2.05) is 9.95 Å². The lowest BCUT2D eigenvalue weighted by Crippen LogP contribution is -2.14. The van der Waals surface area contributed by atoms with Crippen LogP contribution in [0.5, 0.6) is 0 Å². The monoisotopic (exact) mass is 392 g/mol. The molecule has 0 fully saturated rings. The summed E-state index contributed by atoms with van der Waals surface area (Å²) in [6, 6.07) is 12.9. The van der Waals surface area contributed by atoms with Crippen LogP contribution in [0.3, 0.4) is 0 Å². The van der Waals surface area contributed by atoms with Crippen LogP contribution in [-0.4, -0.2) is 10.3 Å². The quantitative estimate of drug-likeness (QED) is 0.367. The molecule has 0 aliphatic rings. The molecule has 0 aliphatic carbocycles. The number of hydrogen-bond donors (Lipinski definition) is 0. The van der Waals surface area contributed by atoms with Crippen molar-refractivity contribution in [1.82, 2.24) is 4.57 Å². The van der Waals surface area contributed by atoms with Gasteiger partial charge in [0.05, 0.1) is 11.4 Å². The van der Waals surface area contributed by atoms with Crippen LogP contribution in [0, 0.1) is 5.82 Å². The van der Waals surface area contributed by atoms with Crippen LogP contribution in [-0.2, 0) is 6.54 Å². The Bertz CT molecular complexity index is 942. The second-order valence-electron chi connectivity index (χ2n) is 5.29. The number of nitrogens with zero attached hydrogens (tertiary/aromatic N) is 2. The van der Waals surface area contributed by atoms with E-state index in [2.05, 4.69) is 11.6 Å². The predicted octanol–water partition coefficient (Wildman–Crippen LogP) is 6.09. The number of aromatic nitrogens is 1. The SMILES string of the molecule is C=CCn1c(-c2ccc(F)cc2)csc1=Nc1ccc(SC(F)F)cc1. The zero-order valence-electron chi connectivity index (χ0n) is 13.6. The van der Waals surface area contributed by atoms with Crippen molar-refractivity contribution in [2.75, 3.05) is 0 Å². The van der Waals surface area contributed by atoms with Crippen molar-refractivity contribution >= 4 is 28.8 Å². The van der Waals surface area contributed by atoms with E-state index in [-0.39, 0.29) is 5.82 Å². The molecular formula is C19H15F3N2S2. The molecular weight excluding hydrogens is 377 g/mol. The van der Waals surface area contributed by atoms with Crippen molar-refractivity contribution in [3.8, 4) is 11.3 Å². The van der Waals surface area contributed by atoms with Gasteiger partial charge >= 0.3 is 0 Å². The normalized spacial score (nSPS) is 11.9. The molecule has 134 valence electrons. The minimum absolute atomic E-state index is 0.286. The maximum atomic E-state index is 13.2. The Hall–Kier alpha value is -2.25. The largest absolute Gasteiger partial charge is 0.313 e. The lowest BCUT2D eigenvalue weighted by molar-refractivity contribution is 0.252. The molecule has 3 aromatic rings. The second-order valence-corrected chi connectivity index (χ2v) is 7.19. The molecule has 2 aromatic carbocycles. The number of alkyl halides is 2. The minimum atomic E-state index is -2.44. The van der Waals surface area contributed by atoms with Gasteiger partial charge in [-0.3, -0.25) is 0 Å². The van der Waals surface area contributed by atoms with Crippen LogP contribution < -0.4 is 4.80 Å². The molecule has 3 rings (SSSR count). The molecule has 0 amide bonds. The van der Waals surface area contributed by atoms with Crippen molar-refractivity contribution in [3.05, 3.63) is 77.2 Å². The van der Waals surface area contributed by atoms with Crippen LogP contribution in [0.2, 0.25) is 0 Å². The first kappa shape index (κ1) is 18.5. The summed E-state index contributed by atoms with van der Waals surface area (Å²) in [4.78, 5) is 5.85. The summed E-state index contributed by atoms with van der Waals surface area (Å²) in [5, 5.41) is 1.95. The number of hydrogen-bond acceptors (Lipinski definition) is 3. The van der Waals surface area contributed by atoms with Crippen LogP contribution in [0.4, 0.5) is 18.9 Å². The molecule has 0 spiro atoms. The summed E-state index contributed by atoms with van der Waals surface area (Å²) in [7, 11) is 0. The standard InChI is InChI=1S/C19H15F3N2S2/c1-2-11-24-17(13-3-5-14(20)6-4-13)12-25-19(24)23-15-7-9-16(10-8-15)26-18(21)22/h2-10,12,18H,1,11H2. The van der Waals surface area contributed by atoms with E-state index in [1.54, 1.807) is 42.5 Å². The zero-order chi connectivity index (χ0) is 18.5. The van der Waals surface area contributed by atoms with Crippen LogP contribution in [0.1, 0.15) is 0 Å². The minimum Gasteiger partial charge on any atom is -0.313 e. The molecule has 0 unspecified atom stereocenters. The Labute approximate surface area is 157 Å². The Morgan fingerprint density at radius 1 is 1.12 bits per heavy atom. The molecule has 7 heteroatoms. The molecule has 0 atom stereocenters. The van der Waals surface area contributed by atoms with Crippen molar-refractivity contribution in [3.63, 3.8) is 0 Å². The number of thiazole rings is 1. The fourth-order valence-electron chi connectivity index (χ4n) is 2.39. The summed E-state index contributed by atoms with van der Waals surface area (Å²) in [6.45, 7) is 4.33. The molecule has 0 aliphatic heterocycles. The Kier molecular flexibility index (Phi) is 6.00. The van der Waals surface area contributed by atoms with Gasteiger partial charge in [-0.25, -0.2) is 9.38 Å². The summed E-state index contributed by atoms with van der Waals surface area (Å²) in [6.07, 6.45) is 1.77. The third-order valence-electron chi connectivity index (χ3n) is 3.54. The van der Waals surface area contributed by atoms with Crippen LogP contribution in [0.25, 0.3) is 11.3 Å². The summed E-state index contributed by atoms with van der Waals surface area (Å²) in [5.74, 6) is -2.73. The highest BCUT2D eigenvalue weighted by molar-refractivity contribution is 7.99. The van der Waals surface area contributed by atoms with Gasteiger partial charge in [-0.15, -0.1) is 17.9 Å². The topological polar surface area (TPSA) is 17.3 Å². The average molecular weight is 392 g/mol. The van der Waals surface area contributed by atoms with E-state index < -0.39 is 5.76 Å². The highest BCUT2D eigenvalue weighted by Crippen LogP contribution is 2.27. The van der Waals surface area contributed by atoms with E-state index in [1.165, 1.54) is 23.5 Å². The van der Waals surface area contributed by atoms with Gasteiger partial charge in [-0.05, 0) is 54.1 Å². The fraction of sp³-hybridized carbons (Fsp3) is 0.105. The smallest absolute Gasteiger partial charge is 0.288 e. The number of benzene rings is 2. The molecule has 0 N–H and O–H groups in total. The maximum Gasteiger partial charge on any atom is 0.288 e. The highest BCUT2D eigenvalue weighted by atomic mass is 32.2. The summed E-state index contributed by atoms with van der Waals surface area (Å²) in [5.41, 5.74) is 2.47. The molecule has 26 heavy (non-hydrogen) atoms. The van der Waals surface area contributed by atoms with E-state index in [0.29, 0.717) is 28.9 Å². The van der Waals surface area contributed by atoms with E-state index in [0.717, 1.165) is 16.1 Å². The lowest BCUT2D eigenvalue weighted by Gasteiger charge is -2.06. The van der Waals surface area contributed by atoms with E-state index in [4.69, 9.17) is 0 Å². The third-order valence-corrected chi connectivity index (χ3v) is 5.12. The second kappa shape index (κ2) is 8.42. The first-order valence-electron chi connectivity index (χ1n) is 7.71. The number of thioether (sulfide) groups is 1. The molecule has 0 radical (unpaired) electrons. The highest BCUT2D eigenvalue weighted by Gasteiger charge is 2.08. The molecule has 1 heterocycles. The van der Waals surface area contributed by atoms with E-state index in [9.17, 15) is 13.2 Å².